The zero-order valence-electron chi connectivity index (χ0n) is 10.2. The number of rotatable bonds is 8. The quantitative estimate of drug-likeness (QED) is 0.449. The second-order valence-corrected chi connectivity index (χ2v) is 15.0. The molecule has 0 heterocycles. The van der Waals surface area contributed by atoms with Gasteiger partial charge in [0.2, 0.25) is 0 Å². The van der Waals surface area contributed by atoms with Gasteiger partial charge in [-0.05, 0) is 0 Å². The maximum absolute atomic E-state index is 11.0. The molecule has 11 heteroatoms. The fourth-order valence-corrected chi connectivity index (χ4v) is 12.1. The minimum atomic E-state index is -1.91. The van der Waals surface area contributed by atoms with Gasteiger partial charge in [-0.3, -0.25) is 0 Å². The van der Waals surface area contributed by atoms with Crippen LogP contribution in [0.15, 0.2) is 24.3 Å². The van der Waals surface area contributed by atoms with E-state index in [1.54, 1.807) is 24.3 Å². The molecule has 112 valence electrons. The topological polar surface area (TPSA) is 118 Å². The van der Waals surface area contributed by atoms with Crippen molar-refractivity contribution in [1.29, 1.82) is 0 Å². The molecular weight excluding hydrogens is 411 g/mol. The van der Waals surface area contributed by atoms with Crippen molar-refractivity contribution in [3.05, 3.63) is 29.8 Å². The zero-order valence-corrected chi connectivity index (χ0v) is 13.7. The van der Waals surface area contributed by atoms with Gasteiger partial charge >= 0.3 is 185 Å². The van der Waals surface area contributed by atoms with Crippen LogP contribution in [0.5, 0.6) is 0 Å². The van der Waals surface area contributed by atoms with E-state index in [0.717, 1.165) is 4.35 Å². The number of carbonyl (C=O) groups excluding carboxylic acids is 1. The Morgan fingerprint density at radius 1 is 0.955 bits per heavy atom. The van der Waals surface area contributed by atoms with Gasteiger partial charge < -0.3 is 0 Å². The third-order valence-electron chi connectivity index (χ3n) is 1.97. The Morgan fingerprint density at radius 2 is 1.36 bits per heavy atom. The maximum atomic E-state index is 11.0. The molecule has 6 nitrogen and oxygen atoms in total. The second kappa shape index (κ2) is 13.2. The number of hydrogen-bond donors (Lipinski definition) is 3. The van der Waals surface area contributed by atoms with Crippen molar-refractivity contribution < 1.29 is 24.6 Å². The number of aliphatic carboxylic acids is 2. The number of nitrogens with two attached hydrogens (primary N) is 1. The predicted octanol–water partition coefficient (Wildman–Crippen LogP) is -1.18. The molecule has 0 atom stereocenters. The molecule has 0 saturated heterocycles. The summed E-state index contributed by atoms with van der Waals surface area (Å²) in [5, 5.41) is 17.4. The van der Waals surface area contributed by atoms with Gasteiger partial charge in [0.15, 0.2) is 0 Å². The third-order valence-corrected chi connectivity index (χ3v) is 14.8. The molecule has 1 amide bonds. The molecule has 0 radical (unpaired) electrons. The Balaban J connectivity index is 0. The molecule has 0 saturated carbocycles. The number of benzene rings is 1. The molecule has 0 unspecified atom stereocenters. The number of amides is 1. The first-order chi connectivity index (χ1) is 9.40. The molecule has 4 N–H and O–H groups in total. The number of carboxylic acid groups (broad SMARTS) is 2. The first kappa shape index (κ1) is 25.1. The van der Waals surface area contributed by atoms with E-state index in [4.69, 9.17) is 15.9 Å². The van der Waals surface area contributed by atoms with Crippen LogP contribution < -0.4 is 10.1 Å². The van der Waals surface area contributed by atoms with E-state index in [2.05, 4.69) is 0 Å². The van der Waals surface area contributed by atoms with Gasteiger partial charge in [-0.2, -0.15) is 0 Å². The summed E-state index contributed by atoms with van der Waals surface area (Å²) in [6.07, 6.45) is 0. The van der Waals surface area contributed by atoms with Gasteiger partial charge in [-0.25, -0.2) is 0 Å². The molecule has 0 aliphatic heterocycles. The van der Waals surface area contributed by atoms with Crippen LogP contribution in [-0.4, -0.2) is 111 Å². The van der Waals surface area contributed by atoms with Crippen LogP contribution in [0.2, 0.25) is 0 Å². The summed E-state index contributed by atoms with van der Waals surface area (Å²) in [5.41, 5.74) is 5.51. The van der Waals surface area contributed by atoms with Crippen molar-refractivity contribution in [2.45, 2.75) is 0 Å². The first-order valence-corrected chi connectivity index (χ1v) is 12.7. The van der Waals surface area contributed by atoms with Crippen molar-refractivity contribution in [1.82, 2.24) is 0 Å². The molecule has 1 rings (SSSR count). The average Bonchev–Trinajstić information content (AvgIpc) is 2.38. The van der Waals surface area contributed by atoms with Gasteiger partial charge in [0.1, 0.15) is 0 Å². The summed E-state index contributed by atoms with van der Waals surface area (Å²) in [6.45, 7) is 0. The van der Waals surface area contributed by atoms with E-state index in [-0.39, 0.29) is 70.6 Å². The Hall–Kier alpha value is 0.888. The van der Waals surface area contributed by atoms with Crippen molar-refractivity contribution in [2.75, 3.05) is 11.5 Å². The minimum absolute atomic E-state index is 0. The van der Waals surface area contributed by atoms with E-state index in [1.165, 1.54) is 20.0 Å². The van der Waals surface area contributed by atoms with Crippen LogP contribution in [0.3, 0.4) is 0 Å². The van der Waals surface area contributed by atoms with Crippen molar-refractivity contribution in [3.8, 4) is 0 Å². The average molecular weight is 425 g/mol. The normalized spacial score (nSPS) is 9.50. The van der Waals surface area contributed by atoms with Crippen molar-refractivity contribution in [2.24, 2.45) is 5.73 Å². The summed E-state index contributed by atoms with van der Waals surface area (Å²) >= 11 is -1.91. The van der Waals surface area contributed by atoms with Crippen molar-refractivity contribution in [3.63, 3.8) is 0 Å². The molecule has 0 aromatic heterocycles. The van der Waals surface area contributed by atoms with E-state index in [9.17, 15) is 14.4 Å². The van der Waals surface area contributed by atoms with Crippen LogP contribution in [-0.2, 0) is 9.59 Å². The Morgan fingerprint density at radius 3 is 1.68 bits per heavy atom. The molecule has 22 heavy (non-hydrogen) atoms. The molecule has 0 aliphatic rings. The van der Waals surface area contributed by atoms with Crippen LogP contribution in [0, 0.1) is 0 Å². The summed E-state index contributed by atoms with van der Waals surface area (Å²) in [7, 11) is 2.54. The first-order valence-electron chi connectivity index (χ1n) is 5.29. The second-order valence-electron chi connectivity index (χ2n) is 3.50. The molecule has 0 bridgehead atoms. The zero-order chi connectivity index (χ0) is 15.1. The van der Waals surface area contributed by atoms with Crippen LogP contribution in [0.4, 0.5) is 0 Å². The molecule has 0 fully saturated rings. The SMILES string of the molecule is NC(=O)c1ccc([As](SCC(=O)O)SCC(=O)O)cc1.[NaH].[NaH]. The summed E-state index contributed by atoms with van der Waals surface area (Å²) in [5.74, 6) is -2.53. The summed E-state index contributed by atoms with van der Waals surface area (Å²) < 4.78 is 0.889. The Bertz CT molecular complexity index is 500. The number of carboxylic acids is 2. The van der Waals surface area contributed by atoms with Gasteiger partial charge in [0, 0.05) is 0 Å². The van der Waals surface area contributed by atoms with E-state index in [1.807, 2.05) is 0 Å². The Labute approximate surface area is 183 Å². The molecule has 0 spiro atoms. The fourth-order valence-electron chi connectivity index (χ4n) is 1.16. The van der Waals surface area contributed by atoms with E-state index >= 15 is 0 Å². The van der Waals surface area contributed by atoms with Gasteiger partial charge in [-0.15, -0.1) is 0 Å². The van der Waals surface area contributed by atoms with E-state index in [0.29, 0.717) is 5.56 Å². The van der Waals surface area contributed by atoms with Crippen LogP contribution in [0.25, 0.3) is 0 Å². The predicted molar refractivity (Wildman–Crippen MR) is 94.8 cm³/mol. The van der Waals surface area contributed by atoms with Crippen LogP contribution >= 0.6 is 20.0 Å². The van der Waals surface area contributed by atoms with E-state index < -0.39 is 30.2 Å². The summed E-state index contributed by atoms with van der Waals surface area (Å²) in [4.78, 5) is 32.2. The monoisotopic (exact) mass is 425 g/mol. The number of primary amides is 1. The molecule has 1 aromatic rings. The summed E-state index contributed by atoms with van der Waals surface area (Å²) in [6, 6.07) is 6.57. The van der Waals surface area contributed by atoms with Crippen LogP contribution in [0.1, 0.15) is 10.4 Å². The number of hydrogen-bond acceptors (Lipinski definition) is 5. The molecule has 0 aliphatic carbocycles. The fraction of sp³-hybridized carbons (Fsp3) is 0.182. The van der Waals surface area contributed by atoms with Gasteiger partial charge in [-0.1, -0.05) is 0 Å². The third kappa shape index (κ3) is 9.90. The standard InChI is InChI=1S/C11H12AsNO5S2.2Na.2H/c13-11(18)7-1-3-8(4-2-7)12(19-5-9(14)15)20-6-10(16)17;;;;/h1-4H,5-6H2,(H2,13,18)(H,14,15)(H,16,17);;;;. The molecule has 1 aromatic carbocycles. The molecular formula is C11H14AsNNa2O5S2. The van der Waals surface area contributed by atoms with Gasteiger partial charge in [0.05, 0.1) is 0 Å². The van der Waals surface area contributed by atoms with Crippen molar-refractivity contribution >= 4 is 114 Å². The number of carbonyl (C=O) groups is 3. The Kier molecular flexibility index (Phi) is 15.1. The van der Waals surface area contributed by atoms with Gasteiger partial charge in [0.25, 0.3) is 0 Å².